The Balaban J connectivity index is 2.38. The molecular formula is C21H31NOSi+. The number of rotatable bonds is 7. The van der Waals surface area contributed by atoms with Crippen molar-refractivity contribution in [2.75, 3.05) is 13.3 Å². The number of ether oxygens (including phenoxy) is 1. The minimum atomic E-state index is 0.0134. The summed E-state index contributed by atoms with van der Waals surface area (Å²) in [6.07, 6.45) is 2.27. The highest BCUT2D eigenvalue weighted by molar-refractivity contribution is 5.98. The van der Waals surface area contributed by atoms with E-state index in [1.807, 2.05) is 0 Å². The molecule has 0 spiro atoms. The van der Waals surface area contributed by atoms with Gasteiger partial charge < -0.3 is 8.89 Å². The second kappa shape index (κ2) is 7.81. The quantitative estimate of drug-likeness (QED) is 0.373. The number of hydrogen-bond donors (Lipinski definition) is 0. The predicted octanol–water partition coefficient (Wildman–Crippen LogP) is 5.37. The molecule has 2 nitrogen and oxygen atoms in total. The SMILES string of the molecule is CCCCOC[N@+]([Si])(C(C)c1cccc2ccccc12)C(C)(C)C. The summed E-state index contributed by atoms with van der Waals surface area (Å²) in [5.74, 6) is 0. The van der Waals surface area contributed by atoms with Gasteiger partial charge >= 0.3 is 10.4 Å². The van der Waals surface area contributed by atoms with E-state index in [2.05, 4.69) is 87.5 Å². The van der Waals surface area contributed by atoms with Crippen molar-refractivity contribution in [1.29, 1.82) is 0 Å². The fourth-order valence-corrected chi connectivity index (χ4v) is 3.42. The molecule has 24 heavy (non-hydrogen) atoms. The number of hydrogen-bond acceptors (Lipinski definition) is 1. The lowest BCUT2D eigenvalue weighted by Crippen LogP contribution is -2.60. The van der Waals surface area contributed by atoms with E-state index < -0.39 is 0 Å². The number of unbranched alkanes of at least 4 members (excludes halogenated alkanes) is 1. The highest BCUT2D eigenvalue weighted by atomic mass is 28.2. The van der Waals surface area contributed by atoms with E-state index in [0.717, 1.165) is 19.4 Å². The molecule has 0 N–H and O–H groups in total. The third kappa shape index (κ3) is 3.90. The molecule has 0 saturated carbocycles. The molecule has 2 aromatic carbocycles. The summed E-state index contributed by atoms with van der Waals surface area (Å²) in [5, 5.41) is 2.62. The zero-order valence-corrected chi connectivity index (χ0v) is 16.8. The Hall–Kier alpha value is -1.16. The Bertz CT molecular complexity index is 659. The minimum Gasteiger partial charge on any atom is -0.346 e. The van der Waals surface area contributed by atoms with Crippen LogP contribution in [0.3, 0.4) is 0 Å². The molecular weight excluding hydrogens is 310 g/mol. The first-order chi connectivity index (χ1) is 11.3. The molecule has 0 saturated heterocycles. The second-order valence-corrected chi connectivity index (χ2v) is 8.47. The van der Waals surface area contributed by atoms with Gasteiger partial charge in [0.25, 0.3) is 0 Å². The van der Waals surface area contributed by atoms with Gasteiger partial charge in [-0.2, -0.15) is 0 Å². The smallest absolute Gasteiger partial charge is 0.346 e. The van der Waals surface area contributed by atoms with Gasteiger partial charge in [0.05, 0.1) is 18.2 Å². The molecule has 0 fully saturated rings. The molecule has 0 aliphatic rings. The number of benzene rings is 2. The second-order valence-electron chi connectivity index (χ2n) is 7.67. The van der Waals surface area contributed by atoms with Crippen LogP contribution in [0.1, 0.15) is 59.1 Å². The Labute approximate surface area is 150 Å². The molecule has 2 aromatic rings. The zero-order valence-electron chi connectivity index (χ0n) is 15.8. The molecule has 2 rings (SSSR count). The maximum absolute atomic E-state index is 6.04. The highest BCUT2D eigenvalue weighted by Gasteiger charge is 2.42. The van der Waals surface area contributed by atoms with Crippen molar-refractivity contribution < 1.29 is 8.89 Å². The van der Waals surface area contributed by atoms with Gasteiger partial charge in [0.15, 0.2) is 6.73 Å². The van der Waals surface area contributed by atoms with E-state index >= 15 is 0 Å². The molecule has 1 unspecified atom stereocenters. The van der Waals surface area contributed by atoms with Crippen LogP contribution < -0.4 is 0 Å². The van der Waals surface area contributed by atoms with Crippen molar-refractivity contribution in [3.8, 4) is 0 Å². The van der Waals surface area contributed by atoms with Gasteiger partial charge in [0.1, 0.15) is 0 Å². The molecule has 2 atom stereocenters. The Morgan fingerprint density at radius 2 is 1.75 bits per heavy atom. The van der Waals surface area contributed by atoms with Crippen LogP contribution >= 0.6 is 0 Å². The monoisotopic (exact) mass is 341 g/mol. The number of nitrogens with zero attached hydrogens (tertiary/aromatic N) is 1. The fraction of sp³-hybridized carbons (Fsp3) is 0.524. The molecule has 0 amide bonds. The Kier molecular flexibility index (Phi) is 6.24. The summed E-state index contributed by atoms with van der Waals surface area (Å²) in [5.41, 5.74) is 1.37. The van der Waals surface area contributed by atoms with Gasteiger partial charge in [-0.05, 0) is 44.9 Å². The van der Waals surface area contributed by atoms with Gasteiger partial charge in [-0.1, -0.05) is 55.8 Å². The topological polar surface area (TPSA) is 9.23 Å². The van der Waals surface area contributed by atoms with Crippen molar-refractivity contribution >= 4 is 21.2 Å². The van der Waals surface area contributed by atoms with Crippen molar-refractivity contribution in [2.24, 2.45) is 0 Å². The Morgan fingerprint density at radius 3 is 2.42 bits per heavy atom. The maximum Gasteiger partial charge on any atom is 0.452 e. The van der Waals surface area contributed by atoms with Crippen molar-refractivity contribution in [2.45, 2.75) is 59.0 Å². The van der Waals surface area contributed by atoms with Gasteiger partial charge in [-0.3, -0.25) is 0 Å². The first-order valence-electron chi connectivity index (χ1n) is 8.99. The first-order valence-corrected chi connectivity index (χ1v) is 9.44. The molecule has 0 aromatic heterocycles. The van der Waals surface area contributed by atoms with Crippen molar-refractivity contribution in [3.63, 3.8) is 0 Å². The van der Waals surface area contributed by atoms with E-state index in [1.165, 1.54) is 16.3 Å². The van der Waals surface area contributed by atoms with Gasteiger partial charge in [0, 0.05) is 5.56 Å². The maximum atomic E-state index is 6.04. The summed E-state index contributed by atoms with van der Waals surface area (Å²) in [6.45, 7) is 12.8. The lowest BCUT2D eigenvalue weighted by Gasteiger charge is -2.50. The summed E-state index contributed by atoms with van der Waals surface area (Å²) in [4.78, 5) is 0. The van der Waals surface area contributed by atoms with Gasteiger partial charge in [0.2, 0.25) is 0 Å². The molecule has 129 valence electrons. The average molecular weight is 342 g/mol. The molecule has 3 heteroatoms. The minimum absolute atomic E-state index is 0.0134. The lowest BCUT2D eigenvalue weighted by atomic mass is 9.95. The lowest BCUT2D eigenvalue weighted by molar-refractivity contribution is -0.913. The van der Waals surface area contributed by atoms with Crippen LogP contribution in [0.15, 0.2) is 42.5 Å². The number of fused-ring (bicyclic) bond motifs is 1. The van der Waals surface area contributed by atoms with E-state index in [-0.39, 0.29) is 11.6 Å². The van der Waals surface area contributed by atoms with Crippen LogP contribution in [0.2, 0.25) is 0 Å². The molecule has 0 aliphatic carbocycles. The normalized spacial score (nSPS) is 16.1. The molecule has 0 bridgehead atoms. The van der Waals surface area contributed by atoms with Gasteiger partial charge in [-0.25, -0.2) is 0 Å². The number of quaternary nitrogens is 1. The molecule has 0 heterocycles. The average Bonchev–Trinajstić information content (AvgIpc) is 2.56. The van der Waals surface area contributed by atoms with E-state index in [4.69, 9.17) is 4.74 Å². The zero-order chi connectivity index (χ0) is 17.8. The van der Waals surface area contributed by atoms with E-state index in [9.17, 15) is 0 Å². The van der Waals surface area contributed by atoms with Crippen LogP contribution in [-0.4, -0.2) is 33.4 Å². The van der Waals surface area contributed by atoms with Crippen molar-refractivity contribution in [3.05, 3.63) is 48.0 Å². The van der Waals surface area contributed by atoms with Crippen molar-refractivity contribution in [1.82, 2.24) is 0 Å². The summed E-state index contributed by atoms with van der Waals surface area (Å²) < 4.78 is 6.72. The van der Waals surface area contributed by atoms with E-state index in [0.29, 0.717) is 10.9 Å². The molecule has 0 aliphatic heterocycles. The molecule has 3 radical (unpaired) electrons. The fourth-order valence-electron chi connectivity index (χ4n) is 3.19. The largest absolute Gasteiger partial charge is 0.452 e. The highest BCUT2D eigenvalue weighted by Crippen LogP contribution is 2.37. The van der Waals surface area contributed by atoms with Crippen LogP contribution in [0.25, 0.3) is 10.8 Å². The summed E-state index contributed by atoms with van der Waals surface area (Å²) in [7, 11) is 4.12. The summed E-state index contributed by atoms with van der Waals surface area (Å²) in [6, 6.07) is 15.5. The first kappa shape index (κ1) is 19.2. The predicted molar refractivity (Wildman–Crippen MR) is 104 cm³/mol. The summed E-state index contributed by atoms with van der Waals surface area (Å²) >= 11 is 0. The van der Waals surface area contributed by atoms with E-state index in [1.54, 1.807) is 0 Å². The van der Waals surface area contributed by atoms with Crippen LogP contribution in [-0.2, 0) is 4.74 Å². The van der Waals surface area contributed by atoms with Crippen LogP contribution in [0, 0.1) is 0 Å². The third-order valence-electron chi connectivity index (χ3n) is 5.07. The van der Waals surface area contributed by atoms with Gasteiger partial charge in [-0.15, -0.1) is 0 Å². The third-order valence-corrected chi connectivity index (χ3v) is 6.26. The Morgan fingerprint density at radius 1 is 1.08 bits per heavy atom. The van der Waals surface area contributed by atoms with Crippen LogP contribution in [0.4, 0.5) is 0 Å². The standard InChI is InChI=1S/C21H31NOSi/c1-6-7-15-23-16-22(24,21(3,4)5)17(2)19-14-10-12-18-11-8-9-13-20(18)19/h8-14,17H,6-7,15-16H2,1-5H3/q+1/t17?,22-/m0/s1. The van der Waals surface area contributed by atoms with Crippen LogP contribution in [0.5, 0.6) is 0 Å².